The Kier molecular flexibility index (Phi) is 4.58. The largest absolute Gasteiger partial charge is 0.508 e. The Morgan fingerprint density at radius 3 is 2.81 bits per heavy atom. The molecule has 3 aromatic heterocycles. The van der Waals surface area contributed by atoms with Gasteiger partial charge in [0.2, 0.25) is 11.7 Å². The van der Waals surface area contributed by atoms with Crippen LogP contribution in [0.2, 0.25) is 0 Å². The number of ether oxygens (including phenoxy) is 1. The summed E-state index contributed by atoms with van der Waals surface area (Å²) < 4.78 is 12.6. The molecule has 1 fully saturated rings. The molecule has 0 saturated heterocycles. The molecule has 0 atom stereocenters. The van der Waals surface area contributed by atoms with Crippen molar-refractivity contribution in [1.29, 1.82) is 0 Å². The van der Waals surface area contributed by atoms with Crippen molar-refractivity contribution < 1.29 is 19.2 Å². The summed E-state index contributed by atoms with van der Waals surface area (Å²) in [5.74, 6) is 2.05. The zero-order chi connectivity index (χ0) is 21.4. The molecule has 5 rings (SSSR count). The zero-order valence-corrected chi connectivity index (χ0v) is 16.5. The van der Waals surface area contributed by atoms with Crippen molar-refractivity contribution in [2.24, 2.45) is 7.05 Å². The number of aromatic nitrogens is 5. The Hall–Kier alpha value is -4.21. The number of amides is 1. The molecule has 0 bridgehead atoms. The number of phenols is 1. The van der Waals surface area contributed by atoms with Gasteiger partial charge in [0.1, 0.15) is 22.9 Å². The average Bonchev–Trinajstić information content (AvgIpc) is 3.34. The number of nitrogens with one attached hydrogen (secondary N) is 1. The molecule has 0 radical (unpaired) electrons. The maximum atomic E-state index is 12.5. The molecule has 1 saturated carbocycles. The molecule has 0 unspecified atom stereocenters. The molecule has 31 heavy (non-hydrogen) atoms. The third-order valence-corrected chi connectivity index (χ3v) is 4.68. The van der Waals surface area contributed by atoms with Crippen molar-refractivity contribution in [2.45, 2.75) is 18.8 Å². The van der Waals surface area contributed by atoms with Crippen LogP contribution in [0, 0.1) is 0 Å². The lowest BCUT2D eigenvalue weighted by atomic mass is 10.2. The van der Waals surface area contributed by atoms with Gasteiger partial charge in [0.15, 0.2) is 5.82 Å². The molecule has 4 aromatic rings. The summed E-state index contributed by atoms with van der Waals surface area (Å²) in [6, 6.07) is 9.37. The second-order valence-electron chi connectivity index (χ2n) is 7.26. The van der Waals surface area contributed by atoms with Crippen LogP contribution in [0.3, 0.4) is 0 Å². The fourth-order valence-electron chi connectivity index (χ4n) is 2.99. The maximum absolute atomic E-state index is 12.5. The first kappa shape index (κ1) is 18.8. The summed E-state index contributed by atoms with van der Waals surface area (Å²) in [7, 11) is 1.75. The lowest BCUT2D eigenvalue weighted by molar-refractivity contribution is 0.102. The van der Waals surface area contributed by atoms with E-state index in [9.17, 15) is 9.90 Å². The molecule has 0 spiro atoms. The van der Waals surface area contributed by atoms with Gasteiger partial charge in [-0.2, -0.15) is 10.1 Å². The van der Waals surface area contributed by atoms with E-state index in [0.717, 1.165) is 12.8 Å². The SMILES string of the molecule is Cn1ccc(NC(=O)c2cc(O)cc(Oc3ccc(-c4noc(C5CC5)n4)nc3)c2)n1. The number of nitrogens with zero attached hydrogens (tertiary/aromatic N) is 5. The average molecular weight is 418 g/mol. The van der Waals surface area contributed by atoms with Crippen LogP contribution in [0.25, 0.3) is 11.5 Å². The van der Waals surface area contributed by atoms with Gasteiger partial charge >= 0.3 is 0 Å². The molecule has 3 heterocycles. The summed E-state index contributed by atoms with van der Waals surface area (Å²) >= 11 is 0. The van der Waals surface area contributed by atoms with Crippen LogP contribution in [0.1, 0.15) is 35.0 Å². The summed E-state index contributed by atoms with van der Waals surface area (Å²) in [6.45, 7) is 0. The van der Waals surface area contributed by atoms with E-state index in [-0.39, 0.29) is 17.1 Å². The van der Waals surface area contributed by atoms with E-state index in [4.69, 9.17) is 9.26 Å². The van der Waals surface area contributed by atoms with Crippen LogP contribution in [0.5, 0.6) is 17.2 Å². The Balaban J connectivity index is 1.30. The Labute approximate surface area is 176 Å². The van der Waals surface area contributed by atoms with Gasteiger partial charge in [0.05, 0.1) is 6.20 Å². The number of phenolic OH excluding ortho intramolecular Hbond substituents is 1. The van der Waals surface area contributed by atoms with Crippen LogP contribution in [0.15, 0.2) is 53.3 Å². The van der Waals surface area contributed by atoms with Gasteiger partial charge in [-0.3, -0.25) is 9.48 Å². The van der Waals surface area contributed by atoms with Crippen molar-refractivity contribution >= 4 is 11.7 Å². The molecule has 10 nitrogen and oxygen atoms in total. The highest BCUT2D eigenvalue weighted by molar-refractivity contribution is 6.04. The molecule has 0 aliphatic heterocycles. The second kappa shape index (κ2) is 7.56. The number of rotatable bonds is 6. The Morgan fingerprint density at radius 2 is 2.10 bits per heavy atom. The van der Waals surface area contributed by atoms with E-state index >= 15 is 0 Å². The lowest BCUT2D eigenvalue weighted by Crippen LogP contribution is -2.12. The molecule has 10 heteroatoms. The van der Waals surface area contributed by atoms with E-state index in [1.165, 1.54) is 24.4 Å². The van der Waals surface area contributed by atoms with Gasteiger partial charge in [-0.05, 0) is 37.1 Å². The van der Waals surface area contributed by atoms with Crippen LogP contribution in [-0.2, 0) is 7.05 Å². The Morgan fingerprint density at radius 1 is 1.23 bits per heavy atom. The monoisotopic (exact) mass is 418 g/mol. The number of aromatic hydroxyl groups is 1. The van der Waals surface area contributed by atoms with Crippen LogP contribution < -0.4 is 10.1 Å². The van der Waals surface area contributed by atoms with Crippen LogP contribution >= 0.6 is 0 Å². The van der Waals surface area contributed by atoms with Gasteiger partial charge in [-0.25, -0.2) is 4.98 Å². The molecular weight excluding hydrogens is 400 g/mol. The van der Waals surface area contributed by atoms with Crippen molar-refractivity contribution in [3.05, 3.63) is 60.2 Å². The van der Waals surface area contributed by atoms with E-state index in [1.807, 2.05) is 0 Å². The summed E-state index contributed by atoms with van der Waals surface area (Å²) in [4.78, 5) is 21.2. The van der Waals surface area contributed by atoms with Crippen molar-refractivity contribution in [1.82, 2.24) is 24.9 Å². The number of pyridine rings is 1. The fraction of sp³-hybridized carbons (Fsp3) is 0.190. The number of benzene rings is 1. The van der Waals surface area contributed by atoms with E-state index in [1.54, 1.807) is 36.1 Å². The Bertz CT molecular complexity index is 1240. The standard InChI is InChI=1S/C21H18N6O4/c1-27-7-6-18(25-27)23-20(29)13-8-14(28)10-16(9-13)30-15-4-5-17(22-11-15)19-24-21(31-26-19)12-2-3-12/h4-12,28H,2-3H2,1H3,(H,23,25,29). The van der Waals surface area contributed by atoms with E-state index < -0.39 is 5.91 Å². The molecule has 1 amide bonds. The molecule has 1 aliphatic rings. The first-order valence-electron chi connectivity index (χ1n) is 9.66. The molecule has 2 N–H and O–H groups in total. The van der Waals surface area contributed by atoms with E-state index in [2.05, 4.69) is 25.5 Å². The van der Waals surface area contributed by atoms with Gasteiger partial charge in [-0.1, -0.05) is 5.16 Å². The molecular formula is C21H18N6O4. The lowest BCUT2D eigenvalue weighted by Gasteiger charge is -2.09. The van der Waals surface area contributed by atoms with E-state index in [0.29, 0.717) is 34.9 Å². The molecule has 1 aromatic carbocycles. The predicted octanol–water partition coefficient (Wildman–Crippen LogP) is 3.49. The summed E-state index contributed by atoms with van der Waals surface area (Å²) in [6.07, 6.45) is 5.38. The van der Waals surface area contributed by atoms with Crippen molar-refractivity contribution in [3.8, 4) is 28.8 Å². The summed E-state index contributed by atoms with van der Waals surface area (Å²) in [5.41, 5.74) is 0.791. The number of carbonyl (C=O) groups excluding carboxylic acids is 1. The molecule has 156 valence electrons. The minimum atomic E-state index is -0.420. The topological polar surface area (TPSA) is 128 Å². The number of hydrogen-bond donors (Lipinski definition) is 2. The van der Waals surface area contributed by atoms with Gasteiger partial charge in [0, 0.05) is 36.9 Å². The fourth-order valence-corrected chi connectivity index (χ4v) is 2.99. The summed E-state index contributed by atoms with van der Waals surface area (Å²) in [5, 5.41) is 20.7. The minimum absolute atomic E-state index is 0.104. The van der Waals surface area contributed by atoms with Crippen LogP contribution in [-0.4, -0.2) is 35.9 Å². The number of carbonyl (C=O) groups is 1. The smallest absolute Gasteiger partial charge is 0.257 e. The maximum Gasteiger partial charge on any atom is 0.257 e. The highest BCUT2D eigenvalue weighted by Gasteiger charge is 2.29. The normalized spacial score (nSPS) is 13.2. The van der Waals surface area contributed by atoms with Crippen LogP contribution in [0.4, 0.5) is 5.82 Å². The van der Waals surface area contributed by atoms with Gasteiger partial charge < -0.3 is 19.7 Å². The highest BCUT2D eigenvalue weighted by atomic mass is 16.5. The third-order valence-electron chi connectivity index (χ3n) is 4.68. The first-order chi connectivity index (χ1) is 15.0. The minimum Gasteiger partial charge on any atom is -0.508 e. The van der Waals surface area contributed by atoms with Gasteiger partial charge in [0.25, 0.3) is 5.91 Å². The van der Waals surface area contributed by atoms with Crippen molar-refractivity contribution in [3.63, 3.8) is 0 Å². The number of hydrogen-bond acceptors (Lipinski definition) is 8. The first-order valence-corrected chi connectivity index (χ1v) is 9.66. The van der Waals surface area contributed by atoms with Crippen molar-refractivity contribution in [2.75, 3.05) is 5.32 Å². The van der Waals surface area contributed by atoms with Gasteiger partial charge in [-0.15, -0.1) is 0 Å². The number of aryl methyl sites for hydroxylation is 1. The second-order valence-corrected chi connectivity index (χ2v) is 7.26. The number of anilines is 1. The predicted molar refractivity (Wildman–Crippen MR) is 109 cm³/mol. The highest BCUT2D eigenvalue weighted by Crippen LogP contribution is 2.39. The zero-order valence-electron chi connectivity index (χ0n) is 16.5. The molecule has 1 aliphatic carbocycles. The third kappa shape index (κ3) is 4.22. The quantitative estimate of drug-likeness (QED) is 0.487.